The van der Waals surface area contributed by atoms with E-state index >= 15 is 0 Å². The van der Waals surface area contributed by atoms with Gasteiger partial charge >= 0.3 is 6.03 Å². The van der Waals surface area contributed by atoms with Crippen molar-refractivity contribution in [3.8, 4) is 6.07 Å². The second kappa shape index (κ2) is 4.78. The zero-order valence-electron chi connectivity index (χ0n) is 11.7. The molecule has 1 saturated carbocycles. The van der Waals surface area contributed by atoms with Crippen LogP contribution in [0.2, 0.25) is 0 Å². The lowest BCUT2D eigenvalue weighted by Crippen LogP contribution is -2.50. The smallest absolute Gasteiger partial charge is 0.325 e. The van der Waals surface area contributed by atoms with Crippen LogP contribution in [0.4, 0.5) is 4.79 Å². The maximum atomic E-state index is 12.0. The summed E-state index contributed by atoms with van der Waals surface area (Å²) in [5, 5.41) is 14.4. The average molecular weight is 278 g/mol. The van der Waals surface area contributed by atoms with Crippen molar-refractivity contribution in [1.82, 2.24) is 15.5 Å². The highest BCUT2D eigenvalue weighted by atomic mass is 16.2. The largest absolute Gasteiger partial charge is 0.336 e. The summed E-state index contributed by atoms with van der Waals surface area (Å²) < 4.78 is 0. The van der Waals surface area contributed by atoms with Crippen molar-refractivity contribution in [2.45, 2.75) is 50.6 Å². The highest BCUT2D eigenvalue weighted by Gasteiger charge is 2.45. The monoisotopic (exact) mass is 278 g/mol. The van der Waals surface area contributed by atoms with Gasteiger partial charge in [-0.15, -0.1) is 0 Å². The second-order valence-electron chi connectivity index (χ2n) is 5.90. The van der Waals surface area contributed by atoms with E-state index in [1.807, 2.05) is 0 Å². The predicted octanol–water partition coefficient (Wildman–Crippen LogP) is 0.269. The molecule has 0 bridgehead atoms. The van der Waals surface area contributed by atoms with Gasteiger partial charge in [0, 0.05) is 0 Å². The molecule has 0 spiro atoms. The molecule has 7 heteroatoms. The summed E-state index contributed by atoms with van der Waals surface area (Å²) in [7, 11) is 0. The molecule has 4 amide bonds. The molecule has 0 aromatic rings. The lowest BCUT2D eigenvalue weighted by atomic mass is 10.00. The first-order chi connectivity index (χ1) is 9.30. The van der Waals surface area contributed by atoms with Crippen molar-refractivity contribution >= 4 is 17.8 Å². The number of nitriles is 1. The standard InChI is InChI=1S/C13H18N4O3/c1-12(2)10(19)17(11(20)16-12)7-9(18)15-13(8-14)5-3-4-6-13/h3-7H2,1-2H3,(H,15,18)(H,16,20). The fourth-order valence-electron chi connectivity index (χ4n) is 2.65. The third kappa shape index (κ3) is 2.46. The quantitative estimate of drug-likeness (QED) is 0.723. The fraction of sp³-hybridized carbons (Fsp3) is 0.692. The average Bonchev–Trinajstić information content (AvgIpc) is 2.89. The van der Waals surface area contributed by atoms with Gasteiger partial charge in [0.1, 0.15) is 17.6 Å². The van der Waals surface area contributed by atoms with Gasteiger partial charge in [0.05, 0.1) is 6.07 Å². The Labute approximate surface area is 117 Å². The molecule has 2 aliphatic rings. The second-order valence-corrected chi connectivity index (χ2v) is 5.90. The van der Waals surface area contributed by atoms with Crippen molar-refractivity contribution in [1.29, 1.82) is 5.26 Å². The first kappa shape index (κ1) is 14.3. The van der Waals surface area contributed by atoms with Gasteiger partial charge in [-0.2, -0.15) is 5.26 Å². The van der Waals surface area contributed by atoms with Crippen molar-refractivity contribution in [3.05, 3.63) is 0 Å². The number of amides is 4. The van der Waals surface area contributed by atoms with Crippen LogP contribution in [0, 0.1) is 11.3 Å². The molecule has 0 radical (unpaired) electrons. The number of rotatable bonds is 3. The van der Waals surface area contributed by atoms with Crippen molar-refractivity contribution in [2.75, 3.05) is 6.54 Å². The van der Waals surface area contributed by atoms with Gasteiger partial charge in [-0.05, 0) is 39.5 Å². The number of carbonyl (C=O) groups excluding carboxylic acids is 3. The zero-order valence-corrected chi connectivity index (χ0v) is 11.7. The van der Waals surface area contributed by atoms with Gasteiger partial charge in [-0.1, -0.05) is 0 Å². The fourth-order valence-corrected chi connectivity index (χ4v) is 2.65. The summed E-state index contributed by atoms with van der Waals surface area (Å²) in [5.74, 6) is -0.912. The predicted molar refractivity (Wildman–Crippen MR) is 69.3 cm³/mol. The minimum Gasteiger partial charge on any atom is -0.336 e. The van der Waals surface area contributed by atoms with E-state index in [4.69, 9.17) is 0 Å². The number of nitrogens with one attached hydrogen (secondary N) is 2. The SMILES string of the molecule is CC1(C)NC(=O)N(CC(=O)NC2(C#N)CCCC2)C1=O. The Balaban J connectivity index is 2.01. The van der Waals surface area contributed by atoms with E-state index in [9.17, 15) is 19.6 Å². The van der Waals surface area contributed by atoms with E-state index in [0.717, 1.165) is 17.7 Å². The lowest BCUT2D eigenvalue weighted by Gasteiger charge is -2.23. The number of carbonyl (C=O) groups is 3. The van der Waals surface area contributed by atoms with E-state index in [-0.39, 0.29) is 6.54 Å². The lowest BCUT2D eigenvalue weighted by molar-refractivity contribution is -0.134. The molecule has 20 heavy (non-hydrogen) atoms. The van der Waals surface area contributed by atoms with E-state index in [1.165, 1.54) is 0 Å². The van der Waals surface area contributed by atoms with Crippen molar-refractivity contribution in [2.24, 2.45) is 0 Å². The minimum atomic E-state index is -0.988. The van der Waals surface area contributed by atoms with Crippen molar-refractivity contribution in [3.63, 3.8) is 0 Å². The minimum absolute atomic E-state index is 0.350. The first-order valence-electron chi connectivity index (χ1n) is 6.66. The summed E-state index contributed by atoms with van der Waals surface area (Å²) in [6.45, 7) is 2.81. The summed E-state index contributed by atoms with van der Waals surface area (Å²) in [6.07, 6.45) is 3.01. The molecule has 0 aromatic carbocycles. The van der Waals surface area contributed by atoms with Gasteiger partial charge in [0.15, 0.2) is 0 Å². The number of hydrogen-bond acceptors (Lipinski definition) is 4. The molecular formula is C13H18N4O3. The Bertz CT molecular complexity index is 500. The molecular weight excluding hydrogens is 260 g/mol. The highest BCUT2D eigenvalue weighted by Crippen LogP contribution is 2.28. The zero-order chi connectivity index (χ0) is 15.0. The van der Waals surface area contributed by atoms with E-state index < -0.39 is 28.9 Å². The van der Waals surface area contributed by atoms with Crippen LogP contribution in [0.3, 0.4) is 0 Å². The summed E-state index contributed by atoms with van der Waals surface area (Å²) >= 11 is 0. The van der Waals surface area contributed by atoms with E-state index in [2.05, 4.69) is 16.7 Å². The number of imide groups is 1. The normalized spacial score (nSPS) is 23.4. The Morgan fingerprint density at radius 2 is 2.00 bits per heavy atom. The van der Waals surface area contributed by atoms with Crippen LogP contribution in [-0.2, 0) is 9.59 Å². The summed E-state index contributed by atoms with van der Waals surface area (Å²) in [4.78, 5) is 36.5. The van der Waals surface area contributed by atoms with Gasteiger partial charge in [0.2, 0.25) is 5.91 Å². The highest BCUT2D eigenvalue weighted by molar-refractivity contribution is 6.08. The Hall–Kier alpha value is -2.10. The van der Waals surface area contributed by atoms with Crippen LogP contribution >= 0.6 is 0 Å². The third-order valence-electron chi connectivity index (χ3n) is 3.80. The Morgan fingerprint density at radius 1 is 1.40 bits per heavy atom. The third-order valence-corrected chi connectivity index (χ3v) is 3.80. The molecule has 2 N–H and O–H groups in total. The molecule has 0 atom stereocenters. The van der Waals surface area contributed by atoms with Crippen LogP contribution < -0.4 is 10.6 Å². The molecule has 2 fully saturated rings. The number of hydrogen-bond donors (Lipinski definition) is 2. The number of nitrogens with zero attached hydrogens (tertiary/aromatic N) is 2. The Kier molecular flexibility index (Phi) is 3.42. The van der Waals surface area contributed by atoms with Crippen LogP contribution in [0.1, 0.15) is 39.5 Å². The molecule has 1 aliphatic heterocycles. The van der Waals surface area contributed by atoms with Crippen LogP contribution in [0.15, 0.2) is 0 Å². The molecule has 1 saturated heterocycles. The molecule has 7 nitrogen and oxygen atoms in total. The maximum Gasteiger partial charge on any atom is 0.325 e. The first-order valence-corrected chi connectivity index (χ1v) is 6.66. The molecule has 108 valence electrons. The van der Waals surface area contributed by atoms with Crippen LogP contribution in [0.25, 0.3) is 0 Å². The molecule has 1 heterocycles. The van der Waals surface area contributed by atoms with Gasteiger partial charge in [-0.3, -0.25) is 14.5 Å². The van der Waals surface area contributed by atoms with Gasteiger partial charge < -0.3 is 10.6 Å². The molecule has 0 unspecified atom stereocenters. The van der Waals surface area contributed by atoms with Gasteiger partial charge in [-0.25, -0.2) is 4.79 Å². The van der Waals surface area contributed by atoms with Crippen molar-refractivity contribution < 1.29 is 14.4 Å². The van der Waals surface area contributed by atoms with E-state index in [0.29, 0.717) is 12.8 Å². The van der Waals surface area contributed by atoms with Crippen LogP contribution in [0.5, 0.6) is 0 Å². The maximum absolute atomic E-state index is 12.0. The summed E-state index contributed by atoms with van der Waals surface area (Å²) in [5.41, 5.74) is -1.83. The topological polar surface area (TPSA) is 102 Å². The molecule has 1 aliphatic carbocycles. The molecule has 0 aromatic heterocycles. The van der Waals surface area contributed by atoms with Crippen LogP contribution in [-0.4, -0.2) is 40.4 Å². The van der Waals surface area contributed by atoms with Gasteiger partial charge in [0.25, 0.3) is 5.91 Å². The Morgan fingerprint density at radius 3 is 2.45 bits per heavy atom. The number of urea groups is 1. The van der Waals surface area contributed by atoms with E-state index in [1.54, 1.807) is 13.8 Å². The molecule has 2 rings (SSSR count). The summed E-state index contributed by atoms with van der Waals surface area (Å²) in [6, 6.07) is 1.56.